The van der Waals surface area contributed by atoms with Gasteiger partial charge in [0.1, 0.15) is 11.5 Å². The normalized spacial score (nSPS) is 11.2. The predicted octanol–water partition coefficient (Wildman–Crippen LogP) is 5.51. The Morgan fingerprint density at radius 1 is 0.579 bits per heavy atom. The molecule has 0 saturated carbocycles. The second kappa shape index (κ2) is 9.90. The molecule has 5 rings (SSSR count). The summed E-state index contributed by atoms with van der Waals surface area (Å²) in [5.74, 6) is -1.51. The Kier molecular flexibility index (Phi) is 6.47. The van der Waals surface area contributed by atoms with Crippen molar-refractivity contribution in [2.45, 2.75) is 26.7 Å². The van der Waals surface area contributed by atoms with Gasteiger partial charge in [0.2, 0.25) is 0 Å². The smallest absolute Gasteiger partial charge is 0.263 e. The third-order valence-electron chi connectivity index (χ3n) is 6.83. The summed E-state index contributed by atoms with van der Waals surface area (Å²) in [6, 6.07) is 28.7. The van der Waals surface area contributed by atoms with Gasteiger partial charge in [-0.3, -0.25) is 18.7 Å². The second-order valence-electron chi connectivity index (χ2n) is 9.47. The lowest BCUT2D eigenvalue weighted by Gasteiger charge is -2.23. The van der Waals surface area contributed by atoms with Crippen LogP contribution in [0.3, 0.4) is 0 Å². The van der Waals surface area contributed by atoms with Crippen molar-refractivity contribution < 1.29 is 10.2 Å². The molecule has 6 heteroatoms. The average Bonchev–Trinajstić information content (AvgIpc) is 2.89. The van der Waals surface area contributed by atoms with Crippen molar-refractivity contribution in [3.8, 4) is 22.9 Å². The van der Waals surface area contributed by atoms with Gasteiger partial charge in [-0.2, -0.15) is 0 Å². The molecule has 2 N–H and O–H groups in total. The molecule has 0 saturated heterocycles. The molecular formula is C32H28N2O4. The number of benzene rings is 3. The van der Waals surface area contributed by atoms with E-state index in [4.69, 9.17) is 0 Å². The van der Waals surface area contributed by atoms with E-state index in [1.54, 1.807) is 13.8 Å². The fourth-order valence-corrected chi connectivity index (χ4v) is 5.04. The molecule has 0 aliphatic rings. The van der Waals surface area contributed by atoms with Crippen LogP contribution < -0.4 is 11.1 Å². The quantitative estimate of drug-likeness (QED) is 0.331. The zero-order valence-electron chi connectivity index (χ0n) is 21.4. The Morgan fingerprint density at radius 2 is 0.974 bits per heavy atom. The lowest BCUT2D eigenvalue weighted by Crippen LogP contribution is -2.31. The maximum Gasteiger partial charge on any atom is 0.263 e. The molecule has 2 heterocycles. The van der Waals surface area contributed by atoms with Gasteiger partial charge in [0.15, 0.2) is 0 Å². The zero-order chi connectivity index (χ0) is 27.0. The molecule has 5 aromatic rings. The van der Waals surface area contributed by atoms with Gasteiger partial charge in [0, 0.05) is 34.9 Å². The lowest BCUT2D eigenvalue weighted by molar-refractivity contribution is 0.453. The maximum atomic E-state index is 14.1. The van der Waals surface area contributed by atoms with E-state index >= 15 is 0 Å². The topological polar surface area (TPSA) is 84.5 Å². The summed E-state index contributed by atoms with van der Waals surface area (Å²) >= 11 is 0. The van der Waals surface area contributed by atoms with Crippen LogP contribution in [0.4, 0.5) is 0 Å². The first-order valence-electron chi connectivity index (χ1n) is 12.4. The fraction of sp³-hybridized carbons (Fsp3) is 0.125. The van der Waals surface area contributed by atoms with Gasteiger partial charge >= 0.3 is 0 Å². The van der Waals surface area contributed by atoms with E-state index in [2.05, 4.69) is 0 Å². The van der Waals surface area contributed by atoms with E-state index in [1.807, 2.05) is 91.9 Å². The largest absolute Gasteiger partial charge is 0.507 e. The number of hydrogen-bond donors (Lipinski definition) is 2. The average molecular weight is 505 g/mol. The SMILES string of the molecule is Cc1ccc(C(c2c(O)cc(C)n(-c3ccccc3)c2=O)c2c(O)cc(C)n(-c3ccccc3)c2=O)cc1. The van der Waals surface area contributed by atoms with Gasteiger partial charge in [-0.25, -0.2) is 0 Å². The van der Waals surface area contributed by atoms with E-state index in [0.717, 1.165) is 5.56 Å². The summed E-state index contributed by atoms with van der Waals surface area (Å²) in [6.45, 7) is 5.42. The van der Waals surface area contributed by atoms with Crippen LogP contribution in [0.1, 0.15) is 39.6 Å². The molecule has 0 amide bonds. The molecule has 0 radical (unpaired) electrons. The molecule has 3 aromatic carbocycles. The molecule has 6 nitrogen and oxygen atoms in total. The van der Waals surface area contributed by atoms with Crippen LogP contribution in [-0.2, 0) is 0 Å². The first-order valence-corrected chi connectivity index (χ1v) is 12.4. The number of aryl methyl sites for hydroxylation is 3. The van der Waals surface area contributed by atoms with Crippen LogP contribution in [0, 0.1) is 20.8 Å². The molecule has 0 bridgehead atoms. The van der Waals surface area contributed by atoms with E-state index in [1.165, 1.54) is 21.3 Å². The minimum Gasteiger partial charge on any atom is -0.507 e. The van der Waals surface area contributed by atoms with Crippen LogP contribution in [0.25, 0.3) is 11.4 Å². The van der Waals surface area contributed by atoms with Crippen molar-refractivity contribution in [2.24, 2.45) is 0 Å². The fourth-order valence-electron chi connectivity index (χ4n) is 5.04. The summed E-state index contributed by atoms with van der Waals surface area (Å²) in [5.41, 5.74) is 3.04. The molecular weight excluding hydrogens is 476 g/mol. The maximum absolute atomic E-state index is 14.1. The van der Waals surface area contributed by atoms with Crippen LogP contribution in [-0.4, -0.2) is 19.3 Å². The van der Waals surface area contributed by atoms with Crippen molar-refractivity contribution in [3.63, 3.8) is 0 Å². The number of pyridine rings is 2. The molecule has 0 atom stereocenters. The first kappa shape index (κ1) is 24.8. The summed E-state index contributed by atoms with van der Waals surface area (Å²) in [4.78, 5) is 28.2. The van der Waals surface area contributed by atoms with E-state index in [-0.39, 0.29) is 22.6 Å². The van der Waals surface area contributed by atoms with Gasteiger partial charge < -0.3 is 10.2 Å². The minimum absolute atomic E-state index is 0.0131. The number of rotatable bonds is 5. The summed E-state index contributed by atoms with van der Waals surface area (Å²) in [6.07, 6.45) is 0. The number of aromatic nitrogens is 2. The number of para-hydroxylation sites is 2. The van der Waals surface area contributed by atoms with Crippen LogP contribution in [0.15, 0.2) is 107 Å². The Bertz CT molecular complexity index is 1630. The monoisotopic (exact) mass is 504 g/mol. The lowest BCUT2D eigenvalue weighted by atomic mass is 9.84. The summed E-state index contributed by atoms with van der Waals surface area (Å²) in [5, 5.41) is 22.4. The molecule has 2 aromatic heterocycles. The van der Waals surface area contributed by atoms with E-state index in [9.17, 15) is 19.8 Å². The number of aromatic hydroxyl groups is 2. The second-order valence-corrected chi connectivity index (χ2v) is 9.47. The molecule has 38 heavy (non-hydrogen) atoms. The van der Waals surface area contributed by atoms with Crippen molar-refractivity contribution in [1.82, 2.24) is 9.13 Å². The van der Waals surface area contributed by atoms with Gasteiger partial charge in [-0.15, -0.1) is 0 Å². The predicted molar refractivity (Wildman–Crippen MR) is 149 cm³/mol. The van der Waals surface area contributed by atoms with Crippen LogP contribution >= 0.6 is 0 Å². The van der Waals surface area contributed by atoms with Gasteiger partial charge in [0.25, 0.3) is 11.1 Å². The molecule has 0 spiro atoms. The Balaban J connectivity index is 1.88. The Hall–Kier alpha value is -4.84. The number of nitrogens with zero attached hydrogens (tertiary/aromatic N) is 2. The summed E-state index contributed by atoms with van der Waals surface area (Å²) in [7, 11) is 0. The first-order chi connectivity index (χ1) is 18.3. The van der Waals surface area contributed by atoms with E-state index in [0.29, 0.717) is 28.3 Å². The van der Waals surface area contributed by atoms with Crippen LogP contribution in [0.2, 0.25) is 0 Å². The Morgan fingerprint density at radius 3 is 1.37 bits per heavy atom. The van der Waals surface area contributed by atoms with Crippen LogP contribution in [0.5, 0.6) is 11.5 Å². The highest BCUT2D eigenvalue weighted by atomic mass is 16.3. The highest BCUT2D eigenvalue weighted by Crippen LogP contribution is 2.38. The highest BCUT2D eigenvalue weighted by Gasteiger charge is 2.31. The number of hydrogen-bond acceptors (Lipinski definition) is 4. The van der Waals surface area contributed by atoms with Crippen molar-refractivity contribution in [2.75, 3.05) is 0 Å². The third-order valence-corrected chi connectivity index (χ3v) is 6.83. The highest BCUT2D eigenvalue weighted by molar-refractivity contribution is 5.54. The Labute approximate surface area is 220 Å². The van der Waals surface area contributed by atoms with E-state index < -0.39 is 17.0 Å². The third kappa shape index (κ3) is 4.30. The van der Waals surface area contributed by atoms with Gasteiger partial charge in [0.05, 0.1) is 17.0 Å². The molecule has 0 unspecified atom stereocenters. The molecule has 0 aliphatic heterocycles. The van der Waals surface area contributed by atoms with Crippen molar-refractivity contribution in [1.29, 1.82) is 0 Å². The van der Waals surface area contributed by atoms with Crippen molar-refractivity contribution in [3.05, 3.63) is 151 Å². The van der Waals surface area contributed by atoms with Crippen molar-refractivity contribution >= 4 is 0 Å². The van der Waals surface area contributed by atoms with Gasteiger partial charge in [-0.05, 0) is 50.6 Å². The minimum atomic E-state index is -1.03. The standard InChI is InChI=1S/C32H28N2O4/c1-20-14-16-23(17-15-20)28(29-26(35)18-21(2)33(31(29)37)24-10-6-4-7-11-24)30-27(36)19-22(3)34(32(30)38)25-12-8-5-9-13-25/h4-19,28,35-36H,1-3H3. The molecule has 190 valence electrons. The van der Waals surface area contributed by atoms with Gasteiger partial charge in [-0.1, -0.05) is 66.2 Å². The zero-order valence-corrected chi connectivity index (χ0v) is 21.4. The summed E-state index contributed by atoms with van der Waals surface area (Å²) < 4.78 is 3.02. The molecule has 0 aliphatic carbocycles. The molecule has 0 fully saturated rings.